The maximum absolute atomic E-state index is 12.1. The fraction of sp³-hybridized carbons (Fsp3) is 0.333. The largest absolute Gasteiger partial charge is 0.493 e. The minimum atomic E-state index is -0.423. The molecule has 0 saturated carbocycles. The lowest BCUT2D eigenvalue weighted by atomic mass is 10.2. The van der Waals surface area contributed by atoms with E-state index >= 15 is 0 Å². The fourth-order valence-corrected chi connectivity index (χ4v) is 2.68. The highest BCUT2D eigenvalue weighted by atomic mass is 32.1. The molecule has 0 saturated heterocycles. The number of amides is 3. The van der Waals surface area contributed by atoms with Gasteiger partial charge < -0.3 is 21.1 Å². The minimum absolute atomic E-state index is 0.102. The zero-order valence-electron chi connectivity index (χ0n) is 15.2. The van der Waals surface area contributed by atoms with Gasteiger partial charge in [-0.1, -0.05) is 13.8 Å². The summed E-state index contributed by atoms with van der Waals surface area (Å²) in [6.45, 7) is 3.80. The molecule has 0 bridgehead atoms. The number of aromatic nitrogens is 1. The second-order valence-electron chi connectivity index (χ2n) is 6.10. The van der Waals surface area contributed by atoms with E-state index < -0.39 is 5.91 Å². The predicted octanol–water partition coefficient (Wildman–Crippen LogP) is 2.17. The van der Waals surface area contributed by atoms with Gasteiger partial charge in [0.25, 0.3) is 0 Å². The quantitative estimate of drug-likeness (QED) is 0.605. The van der Waals surface area contributed by atoms with Crippen molar-refractivity contribution >= 4 is 39.9 Å². The van der Waals surface area contributed by atoms with E-state index in [2.05, 4.69) is 15.6 Å². The molecule has 0 radical (unpaired) electrons. The van der Waals surface area contributed by atoms with Crippen molar-refractivity contribution in [2.75, 3.05) is 17.2 Å². The molecule has 1 aromatic heterocycles. The van der Waals surface area contributed by atoms with Gasteiger partial charge in [-0.2, -0.15) is 0 Å². The molecule has 3 amide bonds. The van der Waals surface area contributed by atoms with Crippen LogP contribution in [-0.2, 0) is 20.8 Å². The third-order valence-corrected chi connectivity index (χ3v) is 4.21. The van der Waals surface area contributed by atoms with Crippen molar-refractivity contribution in [1.82, 2.24) is 4.98 Å². The molecule has 144 valence electrons. The van der Waals surface area contributed by atoms with Crippen LogP contribution < -0.4 is 21.1 Å². The van der Waals surface area contributed by atoms with E-state index in [1.807, 2.05) is 0 Å². The third-order valence-electron chi connectivity index (χ3n) is 3.40. The Bertz CT molecular complexity index is 802. The summed E-state index contributed by atoms with van der Waals surface area (Å²) in [5.74, 6) is -0.307. The number of hydrogen-bond donors (Lipinski definition) is 3. The Morgan fingerprint density at radius 3 is 2.52 bits per heavy atom. The molecule has 8 nitrogen and oxygen atoms in total. The average molecular weight is 390 g/mol. The number of hydrogen-bond acceptors (Lipinski definition) is 6. The van der Waals surface area contributed by atoms with Crippen molar-refractivity contribution in [2.24, 2.45) is 11.7 Å². The number of primary amides is 1. The SMILES string of the molecule is CC(C)C(=O)Nc1nc(CC(=O)Nc2ccc(OCCC(N)=O)cc2)cs1. The van der Waals surface area contributed by atoms with Gasteiger partial charge in [-0.3, -0.25) is 14.4 Å². The summed E-state index contributed by atoms with van der Waals surface area (Å²) in [5.41, 5.74) is 6.25. The lowest BCUT2D eigenvalue weighted by molar-refractivity contribution is -0.119. The van der Waals surface area contributed by atoms with Crippen LogP contribution in [0, 0.1) is 5.92 Å². The molecular formula is C18H22N4O4S. The van der Waals surface area contributed by atoms with E-state index in [4.69, 9.17) is 10.5 Å². The van der Waals surface area contributed by atoms with E-state index in [0.717, 1.165) is 0 Å². The van der Waals surface area contributed by atoms with E-state index in [-0.39, 0.29) is 37.2 Å². The van der Waals surface area contributed by atoms with Crippen LogP contribution in [-0.4, -0.2) is 29.3 Å². The van der Waals surface area contributed by atoms with Crippen molar-refractivity contribution in [1.29, 1.82) is 0 Å². The monoisotopic (exact) mass is 390 g/mol. The molecule has 0 spiro atoms. The number of nitrogens with one attached hydrogen (secondary N) is 2. The molecule has 0 aliphatic carbocycles. The second kappa shape index (κ2) is 9.67. The number of carbonyl (C=O) groups excluding carboxylic acids is 3. The Morgan fingerprint density at radius 1 is 1.19 bits per heavy atom. The number of nitrogens with two attached hydrogens (primary N) is 1. The van der Waals surface area contributed by atoms with Crippen LogP contribution in [0.15, 0.2) is 29.6 Å². The van der Waals surface area contributed by atoms with Crippen molar-refractivity contribution in [2.45, 2.75) is 26.7 Å². The Kier molecular flexibility index (Phi) is 7.30. The van der Waals surface area contributed by atoms with Crippen LogP contribution in [0.2, 0.25) is 0 Å². The molecule has 4 N–H and O–H groups in total. The number of nitrogens with zero attached hydrogens (tertiary/aromatic N) is 1. The number of benzene rings is 1. The fourth-order valence-electron chi connectivity index (χ4n) is 1.97. The molecular weight excluding hydrogens is 368 g/mol. The van der Waals surface area contributed by atoms with Crippen LogP contribution >= 0.6 is 11.3 Å². The van der Waals surface area contributed by atoms with Crippen LogP contribution in [0.4, 0.5) is 10.8 Å². The zero-order chi connectivity index (χ0) is 19.8. The second-order valence-corrected chi connectivity index (χ2v) is 6.96. The molecule has 0 atom stereocenters. The highest BCUT2D eigenvalue weighted by molar-refractivity contribution is 7.13. The summed E-state index contributed by atoms with van der Waals surface area (Å²) in [5, 5.41) is 7.70. The zero-order valence-corrected chi connectivity index (χ0v) is 16.0. The lowest BCUT2D eigenvalue weighted by Gasteiger charge is -2.07. The average Bonchev–Trinajstić information content (AvgIpc) is 3.02. The molecule has 0 aliphatic rings. The smallest absolute Gasteiger partial charge is 0.230 e. The van der Waals surface area contributed by atoms with E-state index in [9.17, 15) is 14.4 Å². The first-order chi connectivity index (χ1) is 12.8. The maximum atomic E-state index is 12.1. The Balaban J connectivity index is 1.82. The Hall–Kier alpha value is -2.94. The van der Waals surface area contributed by atoms with Crippen LogP contribution in [0.3, 0.4) is 0 Å². The molecule has 2 rings (SSSR count). The highest BCUT2D eigenvalue weighted by Gasteiger charge is 2.12. The van der Waals surface area contributed by atoms with Gasteiger partial charge in [-0.15, -0.1) is 11.3 Å². The van der Waals surface area contributed by atoms with Crippen LogP contribution in [0.1, 0.15) is 26.0 Å². The predicted molar refractivity (Wildman–Crippen MR) is 104 cm³/mol. The third kappa shape index (κ3) is 7.06. The van der Waals surface area contributed by atoms with Gasteiger partial charge in [0.05, 0.1) is 25.1 Å². The van der Waals surface area contributed by atoms with Gasteiger partial charge in [0.15, 0.2) is 5.13 Å². The first-order valence-corrected chi connectivity index (χ1v) is 9.27. The van der Waals surface area contributed by atoms with Gasteiger partial charge in [0.2, 0.25) is 17.7 Å². The Labute approximate surface area is 161 Å². The van der Waals surface area contributed by atoms with Gasteiger partial charge in [0, 0.05) is 17.0 Å². The summed E-state index contributed by atoms with van der Waals surface area (Å²) in [7, 11) is 0. The van der Waals surface area contributed by atoms with Crippen molar-refractivity contribution < 1.29 is 19.1 Å². The molecule has 9 heteroatoms. The molecule has 1 heterocycles. The maximum Gasteiger partial charge on any atom is 0.230 e. The van der Waals surface area contributed by atoms with Crippen molar-refractivity contribution in [3.8, 4) is 5.75 Å². The molecule has 1 aromatic carbocycles. The van der Waals surface area contributed by atoms with E-state index in [1.54, 1.807) is 43.5 Å². The summed E-state index contributed by atoms with van der Waals surface area (Å²) < 4.78 is 5.37. The number of ether oxygens (including phenoxy) is 1. The normalized spacial score (nSPS) is 10.5. The topological polar surface area (TPSA) is 123 Å². The van der Waals surface area contributed by atoms with Crippen LogP contribution in [0.5, 0.6) is 5.75 Å². The minimum Gasteiger partial charge on any atom is -0.493 e. The molecule has 27 heavy (non-hydrogen) atoms. The Morgan fingerprint density at radius 2 is 1.89 bits per heavy atom. The number of carbonyl (C=O) groups is 3. The molecule has 2 aromatic rings. The molecule has 0 fully saturated rings. The number of anilines is 2. The first kappa shape index (κ1) is 20.4. The van der Waals surface area contributed by atoms with Gasteiger partial charge in [0.1, 0.15) is 5.75 Å². The van der Waals surface area contributed by atoms with Crippen LogP contribution in [0.25, 0.3) is 0 Å². The van der Waals surface area contributed by atoms with E-state index in [0.29, 0.717) is 22.3 Å². The van der Waals surface area contributed by atoms with Crippen molar-refractivity contribution in [3.63, 3.8) is 0 Å². The summed E-state index contributed by atoms with van der Waals surface area (Å²) in [4.78, 5) is 38.7. The number of rotatable bonds is 9. The summed E-state index contributed by atoms with van der Waals surface area (Å²) in [6, 6.07) is 6.79. The summed E-state index contributed by atoms with van der Waals surface area (Å²) >= 11 is 1.28. The molecule has 0 unspecified atom stereocenters. The standard InChI is InChI=1S/C18H22N4O4S/c1-11(2)17(25)22-18-21-13(10-27-18)9-16(24)20-12-3-5-14(6-4-12)26-8-7-15(19)23/h3-6,10-11H,7-9H2,1-2H3,(H2,19,23)(H,20,24)(H,21,22,25). The summed E-state index contributed by atoms with van der Waals surface area (Å²) in [6.07, 6.45) is 0.247. The van der Waals surface area contributed by atoms with E-state index in [1.165, 1.54) is 11.3 Å². The molecule has 0 aliphatic heterocycles. The van der Waals surface area contributed by atoms with Crippen molar-refractivity contribution in [3.05, 3.63) is 35.3 Å². The van der Waals surface area contributed by atoms with Gasteiger partial charge in [-0.05, 0) is 24.3 Å². The first-order valence-electron chi connectivity index (χ1n) is 8.39. The number of thiazole rings is 1. The van der Waals surface area contributed by atoms with Gasteiger partial charge in [-0.25, -0.2) is 4.98 Å². The van der Waals surface area contributed by atoms with Gasteiger partial charge >= 0.3 is 0 Å². The highest BCUT2D eigenvalue weighted by Crippen LogP contribution is 2.18. The lowest BCUT2D eigenvalue weighted by Crippen LogP contribution is -2.18.